The molecule has 7 rings (SSSR count). The van der Waals surface area contributed by atoms with Crippen molar-refractivity contribution in [3.8, 4) is 11.1 Å². The number of alkyl halides is 3. The summed E-state index contributed by atoms with van der Waals surface area (Å²) in [5.74, 6) is -0.0231. The first-order valence-corrected chi connectivity index (χ1v) is 14.7. The molecular formula is C34H28F3N5O3. The van der Waals surface area contributed by atoms with Crippen LogP contribution in [0.3, 0.4) is 0 Å². The summed E-state index contributed by atoms with van der Waals surface area (Å²) in [7, 11) is 0. The first-order valence-electron chi connectivity index (χ1n) is 14.7. The van der Waals surface area contributed by atoms with Crippen LogP contribution in [0.2, 0.25) is 0 Å². The SMILES string of the molecule is CCC(=O)N1CCN(c2ccc(N3C(=O)OCc4cnc5ccc(-c6cnc7ccccc7c6)cc5c43)cc2C(F)(F)F)CC1. The number of carbonyl (C=O) groups is 2. The Bertz CT molecular complexity index is 1970. The highest BCUT2D eigenvalue weighted by atomic mass is 19.4. The average Bonchev–Trinajstić information content (AvgIpc) is 3.06. The van der Waals surface area contributed by atoms with Crippen molar-refractivity contribution in [2.75, 3.05) is 36.0 Å². The molecule has 2 aliphatic rings. The van der Waals surface area contributed by atoms with E-state index in [0.717, 1.165) is 28.1 Å². The van der Waals surface area contributed by atoms with Crippen LogP contribution < -0.4 is 9.80 Å². The molecule has 3 aromatic carbocycles. The Balaban J connectivity index is 1.31. The lowest BCUT2D eigenvalue weighted by Crippen LogP contribution is -2.49. The Labute approximate surface area is 256 Å². The molecule has 2 aromatic heterocycles. The predicted octanol–water partition coefficient (Wildman–Crippen LogP) is 7.32. The maximum Gasteiger partial charge on any atom is 0.419 e. The van der Waals surface area contributed by atoms with Gasteiger partial charge in [-0.1, -0.05) is 31.2 Å². The molecule has 1 fully saturated rings. The molecule has 0 atom stereocenters. The van der Waals surface area contributed by atoms with Crippen LogP contribution in [-0.4, -0.2) is 53.0 Å². The van der Waals surface area contributed by atoms with Crippen LogP contribution in [0.5, 0.6) is 0 Å². The highest BCUT2D eigenvalue weighted by Crippen LogP contribution is 2.44. The number of hydrogen-bond acceptors (Lipinski definition) is 6. The molecule has 228 valence electrons. The number of rotatable bonds is 4. The number of amides is 2. The molecule has 0 bridgehead atoms. The number of fused-ring (bicyclic) bond motifs is 4. The van der Waals surface area contributed by atoms with Gasteiger partial charge in [0.05, 0.1) is 28.0 Å². The summed E-state index contributed by atoms with van der Waals surface area (Å²) < 4.78 is 49.1. The molecule has 11 heteroatoms. The van der Waals surface area contributed by atoms with Crippen molar-refractivity contribution < 1.29 is 27.5 Å². The Morgan fingerprint density at radius 1 is 0.889 bits per heavy atom. The largest absolute Gasteiger partial charge is 0.444 e. The monoisotopic (exact) mass is 611 g/mol. The van der Waals surface area contributed by atoms with Gasteiger partial charge >= 0.3 is 12.3 Å². The van der Waals surface area contributed by atoms with Crippen molar-refractivity contribution in [1.82, 2.24) is 14.9 Å². The van der Waals surface area contributed by atoms with E-state index in [1.807, 2.05) is 48.5 Å². The van der Waals surface area contributed by atoms with Gasteiger partial charge in [-0.05, 0) is 48.0 Å². The number of cyclic esters (lactones) is 1. The molecule has 0 spiro atoms. The van der Waals surface area contributed by atoms with Crippen molar-refractivity contribution >= 4 is 50.9 Å². The van der Waals surface area contributed by atoms with Crippen LogP contribution >= 0.6 is 0 Å². The molecule has 0 saturated carbocycles. The third-order valence-electron chi connectivity index (χ3n) is 8.42. The van der Waals surface area contributed by atoms with Gasteiger partial charge in [0.2, 0.25) is 5.91 Å². The van der Waals surface area contributed by atoms with Crippen LogP contribution in [0, 0.1) is 0 Å². The van der Waals surface area contributed by atoms with Crippen molar-refractivity contribution in [2.24, 2.45) is 0 Å². The van der Waals surface area contributed by atoms with E-state index >= 15 is 0 Å². The highest BCUT2D eigenvalue weighted by Gasteiger charge is 2.38. The predicted molar refractivity (Wildman–Crippen MR) is 165 cm³/mol. The lowest BCUT2D eigenvalue weighted by atomic mass is 10.00. The first-order chi connectivity index (χ1) is 21.7. The Morgan fingerprint density at radius 2 is 1.67 bits per heavy atom. The number of anilines is 3. The molecule has 0 N–H and O–H groups in total. The molecule has 0 aliphatic carbocycles. The van der Waals surface area contributed by atoms with Crippen molar-refractivity contribution in [3.63, 3.8) is 0 Å². The van der Waals surface area contributed by atoms with E-state index < -0.39 is 17.8 Å². The second kappa shape index (κ2) is 11.1. The maximum atomic E-state index is 14.6. The van der Waals surface area contributed by atoms with Gasteiger partial charge in [0.15, 0.2) is 0 Å². The molecule has 2 amide bonds. The molecular weight excluding hydrogens is 583 g/mol. The Hall–Kier alpha value is -5.19. The maximum absolute atomic E-state index is 14.6. The lowest BCUT2D eigenvalue weighted by molar-refractivity contribution is -0.137. The van der Waals surface area contributed by atoms with E-state index in [-0.39, 0.29) is 37.0 Å². The van der Waals surface area contributed by atoms with E-state index in [9.17, 15) is 22.8 Å². The van der Waals surface area contributed by atoms with Gasteiger partial charge in [-0.25, -0.2) is 9.69 Å². The van der Waals surface area contributed by atoms with Crippen LogP contribution in [0.1, 0.15) is 24.5 Å². The fourth-order valence-electron chi connectivity index (χ4n) is 6.11. The van der Waals surface area contributed by atoms with Gasteiger partial charge in [-0.3, -0.25) is 14.8 Å². The van der Waals surface area contributed by atoms with E-state index in [4.69, 9.17) is 4.74 Å². The summed E-state index contributed by atoms with van der Waals surface area (Å²) in [6.45, 7) is 2.92. The second-order valence-corrected chi connectivity index (χ2v) is 11.1. The van der Waals surface area contributed by atoms with E-state index in [0.29, 0.717) is 41.7 Å². The topological polar surface area (TPSA) is 78.9 Å². The van der Waals surface area contributed by atoms with E-state index in [2.05, 4.69) is 9.97 Å². The zero-order chi connectivity index (χ0) is 31.3. The van der Waals surface area contributed by atoms with Crippen molar-refractivity contribution in [2.45, 2.75) is 26.1 Å². The summed E-state index contributed by atoms with van der Waals surface area (Å²) >= 11 is 0. The second-order valence-electron chi connectivity index (χ2n) is 11.1. The minimum Gasteiger partial charge on any atom is -0.444 e. The van der Waals surface area contributed by atoms with Gasteiger partial charge in [0, 0.05) is 72.6 Å². The van der Waals surface area contributed by atoms with Crippen LogP contribution in [0.15, 0.2) is 79.1 Å². The van der Waals surface area contributed by atoms with E-state index in [1.54, 1.807) is 29.1 Å². The number of nitrogens with zero attached hydrogens (tertiary/aromatic N) is 5. The van der Waals surface area contributed by atoms with Gasteiger partial charge in [-0.15, -0.1) is 0 Å². The normalized spacial score (nSPS) is 15.4. The molecule has 4 heterocycles. The van der Waals surface area contributed by atoms with E-state index in [1.165, 1.54) is 17.0 Å². The molecule has 5 aromatic rings. The quantitative estimate of drug-likeness (QED) is 0.212. The number of benzene rings is 3. The summed E-state index contributed by atoms with van der Waals surface area (Å²) in [5, 5.41) is 1.57. The van der Waals surface area contributed by atoms with Crippen LogP contribution in [0.25, 0.3) is 32.9 Å². The summed E-state index contributed by atoms with van der Waals surface area (Å²) in [5.41, 5.74) is 3.28. The lowest BCUT2D eigenvalue weighted by Gasteiger charge is -2.37. The molecule has 0 radical (unpaired) electrons. The number of piperazine rings is 1. The first kappa shape index (κ1) is 28.6. The fourth-order valence-corrected chi connectivity index (χ4v) is 6.11. The Morgan fingerprint density at radius 3 is 2.44 bits per heavy atom. The molecule has 1 saturated heterocycles. The van der Waals surface area contributed by atoms with Gasteiger partial charge in [0.25, 0.3) is 0 Å². The summed E-state index contributed by atoms with van der Waals surface area (Å²) in [6.07, 6.45) is -1.77. The fraction of sp³-hybridized carbons (Fsp3) is 0.235. The molecule has 2 aliphatic heterocycles. The minimum atomic E-state index is -4.69. The smallest absolute Gasteiger partial charge is 0.419 e. The Kier molecular flexibility index (Phi) is 7.03. The number of hydrogen-bond donors (Lipinski definition) is 0. The van der Waals surface area contributed by atoms with Gasteiger partial charge < -0.3 is 14.5 Å². The zero-order valence-electron chi connectivity index (χ0n) is 24.3. The van der Waals surface area contributed by atoms with Crippen LogP contribution in [0.4, 0.5) is 35.0 Å². The van der Waals surface area contributed by atoms with Crippen molar-refractivity contribution in [3.05, 3.63) is 90.3 Å². The number of carbonyl (C=O) groups excluding carboxylic acids is 2. The third kappa shape index (κ3) is 5.17. The van der Waals surface area contributed by atoms with Crippen LogP contribution in [-0.2, 0) is 22.3 Å². The average molecular weight is 612 g/mol. The number of halogens is 3. The van der Waals surface area contributed by atoms with Gasteiger partial charge in [0.1, 0.15) is 6.61 Å². The minimum absolute atomic E-state index is 0.00567. The zero-order valence-corrected chi connectivity index (χ0v) is 24.3. The van der Waals surface area contributed by atoms with Gasteiger partial charge in [-0.2, -0.15) is 13.2 Å². The molecule has 0 unspecified atom stereocenters. The summed E-state index contributed by atoms with van der Waals surface area (Å²) in [6, 6.07) is 19.3. The van der Waals surface area contributed by atoms with Crippen molar-refractivity contribution in [1.29, 1.82) is 0 Å². The molecule has 8 nitrogen and oxygen atoms in total. The highest BCUT2D eigenvalue weighted by molar-refractivity contribution is 6.08. The number of ether oxygens (including phenoxy) is 1. The molecule has 45 heavy (non-hydrogen) atoms. The number of para-hydroxylation sites is 1. The number of pyridine rings is 2. The summed E-state index contributed by atoms with van der Waals surface area (Å²) in [4.78, 5) is 39.0. The third-order valence-corrected chi connectivity index (χ3v) is 8.42. The standard InChI is InChI=1S/C34H28F3N5O3/c1-2-31(43)41-13-11-40(12-14-41)30-10-8-25(17-27(30)34(35,36)37)42-32-24(20-45-33(42)44)19-39-29-9-7-21(16-26(29)32)23-15-22-5-3-4-6-28(22)38-18-23/h3-10,15-19H,2,11-14,20H2,1H3. The number of aromatic nitrogens is 2.